The molecule has 110 valence electrons. The Kier molecular flexibility index (Phi) is 6.18. The average Bonchev–Trinajstić information content (AvgIpc) is 2.39. The fourth-order valence-electron chi connectivity index (χ4n) is 1.87. The number of hydrogen-bond acceptors (Lipinski definition) is 3. The molecule has 5 nitrogen and oxygen atoms in total. The van der Waals surface area contributed by atoms with Crippen LogP contribution in [0.25, 0.3) is 0 Å². The number of likely N-dealkylation sites (N-methyl/N-ethyl adjacent to an activating group) is 1. The van der Waals surface area contributed by atoms with Gasteiger partial charge >= 0.3 is 0 Å². The van der Waals surface area contributed by atoms with Gasteiger partial charge in [-0.05, 0) is 19.4 Å². The molecule has 0 aliphatic carbocycles. The molecule has 0 aliphatic heterocycles. The number of benzene rings is 1. The highest BCUT2D eigenvalue weighted by Gasteiger charge is 2.24. The van der Waals surface area contributed by atoms with Crippen molar-refractivity contribution < 1.29 is 14.3 Å². The molecular weight excluding hydrogens is 256 g/mol. The Balaban J connectivity index is 2.69. The smallest absolute Gasteiger partial charge is 0.256 e. The summed E-state index contributed by atoms with van der Waals surface area (Å²) < 4.78 is 5.26. The molecule has 1 atom stereocenters. The minimum Gasteiger partial charge on any atom is -0.367 e. The first-order valence-electron chi connectivity index (χ1n) is 6.57. The molecule has 0 spiro atoms. The Morgan fingerprint density at radius 3 is 2.35 bits per heavy atom. The van der Waals surface area contributed by atoms with E-state index in [1.54, 1.807) is 7.05 Å². The molecule has 20 heavy (non-hydrogen) atoms. The lowest BCUT2D eigenvalue weighted by Gasteiger charge is -2.23. The first-order valence-corrected chi connectivity index (χ1v) is 6.57. The third-order valence-corrected chi connectivity index (χ3v) is 2.77. The molecule has 0 radical (unpaired) electrons. The summed E-state index contributed by atoms with van der Waals surface area (Å²) in [5.74, 6) is -0.420. The predicted octanol–water partition coefficient (Wildman–Crippen LogP) is 1.36. The van der Waals surface area contributed by atoms with Crippen LogP contribution in [-0.2, 0) is 14.3 Å². The highest BCUT2D eigenvalue weighted by molar-refractivity contribution is 5.87. The molecular formula is C15H22N2O3. The maximum atomic E-state index is 12.3. The van der Waals surface area contributed by atoms with Crippen LogP contribution in [-0.4, -0.2) is 43.5 Å². The van der Waals surface area contributed by atoms with Crippen molar-refractivity contribution >= 4 is 11.8 Å². The van der Waals surface area contributed by atoms with Gasteiger partial charge < -0.3 is 15.0 Å². The van der Waals surface area contributed by atoms with E-state index >= 15 is 0 Å². The second-order valence-electron chi connectivity index (χ2n) is 4.94. The average molecular weight is 278 g/mol. The van der Waals surface area contributed by atoms with E-state index in [0.29, 0.717) is 0 Å². The van der Waals surface area contributed by atoms with Crippen molar-refractivity contribution in [3.05, 3.63) is 35.9 Å². The molecule has 0 saturated carbocycles. The number of methoxy groups -OCH3 is 1. The molecule has 0 fully saturated rings. The minimum atomic E-state index is -0.687. The fourth-order valence-corrected chi connectivity index (χ4v) is 1.87. The molecule has 0 bridgehead atoms. The maximum absolute atomic E-state index is 12.3. The molecule has 0 aromatic heterocycles. The van der Waals surface area contributed by atoms with Crippen LogP contribution >= 0.6 is 0 Å². The second kappa shape index (κ2) is 7.65. The summed E-state index contributed by atoms with van der Waals surface area (Å²) in [6.07, 6.45) is -0.687. The topological polar surface area (TPSA) is 58.6 Å². The summed E-state index contributed by atoms with van der Waals surface area (Å²) in [6.45, 7) is 3.77. The molecule has 1 rings (SSSR count). The molecule has 1 unspecified atom stereocenters. The van der Waals surface area contributed by atoms with Gasteiger partial charge in [0.25, 0.3) is 5.91 Å². The zero-order chi connectivity index (χ0) is 15.1. The summed E-state index contributed by atoms with van der Waals surface area (Å²) >= 11 is 0. The number of nitrogens with one attached hydrogen (secondary N) is 1. The zero-order valence-electron chi connectivity index (χ0n) is 12.4. The van der Waals surface area contributed by atoms with Gasteiger partial charge in [0.05, 0.1) is 6.54 Å². The summed E-state index contributed by atoms with van der Waals surface area (Å²) in [7, 11) is 3.08. The second-order valence-corrected chi connectivity index (χ2v) is 4.94. The van der Waals surface area contributed by atoms with E-state index in [0.717, 1.165) is 5.56 Å². The Morgan fingerprint density at radius 1 is 1.25 bits per heavy atom. The molecule has 1 N–H and O–H groups in total. The number of rotatable bonds is 6. The molecule has 0 aliphatic rings. The lowest BCUT2D eigenvalue weighted by Crippen LogP contribution is -2.42. The molecule has 1 aromatic rings. The maximum Gasteiger partial charge on any atom is 0.256 e. The highest BCUT2D eigenvalue weighted by Crippen LogP contribution is 2.18. The third-order valence-electron chi connectivity index (χ3n) is 2.77. The number of carbonyl (C=O) groups excluding carboxylic acids is 2. The summed E-state index contributed by atoms with van der Waals surface area (Å²) in [6, 6.07) is 9.28. The SMILES string of the molecule is COC(C(=O)N(C)CC(=O)NC(C)C)c1ccccc1. The van der Waals surface area contributed by atoms with Crippen molar-refractivity contribution in [3.8, 4) is 0 Å². The monoisotopic (exact) mass is 278 g/mol. The number of nitrogens with zero attached hydrogens (tertiary/aromatic N) is 1. The van der Waals surface area contributed by atoms with Gasteiger partial charge in [-0.2, -0.15) is 0 Å². The standard InChI is InChI=1S/C15H22N2O3/c1-11(2)16-13(18)10-17(3)15(19)14(20-4)12-8-6-5-7-9-12/h5-9,11,14H,10H2,1-4H3,(H,16,18). The number of carbonyl (C=O) groups is 2. The van der Waals surface area contributed by atoms with E-state index in [4.69, 9.17) is 4.74 Å². The number of ether oxygens (including phenoxy) is 1. The summed E-state index contributed by atoms with van der Waals surface area (Å²) in [4.78, 5) is 25.4. The number of amides is 2. The quantitative estimate of drug-likeness (QED) is 0.854. The van der Waals surface area contributed by atoms with Gasteiger partial charge in [-0.15, -0.1) is 0 Å². The van der Waals surface area contributed by atoms with Crippen LogP contribution in [0.1, 0.15) is 25.5 Å². The van der Waals surface area contributed by atoms with Gasteiger partial charge in [0, 0.05) is 20.2 Å². The first-order chi connectivity index (χ1) is 9.45. The van der Waals surface area contributed by atoms with Gasteiger partial charge in [0.2, 0.25) is 5.91 Å². The molecule has 5 heteroatoms. The third kappa shape index (κ3) is 4.66. The Morgan fingerprint density at radius 2 is 1.85 bits per heavy atom. The lowest BCUT2D eigenvalue weighted by atomic mass is 10.1. The van der Waals surface area contributed by atoms with Crippen molar-refractivity contribution in [1.82, 2.24) is 10.2 Å². The van der Waals surface area contributed by atoms with E-state index in [-0.39, 0.29) is 24.4 Å². The van der Waals surface area contributed by atoms with Crippen molar-refractivity contribution in [3.63, 3.8) is 0 Å². The largest absolute Gasteiger partial charge is 0.367 e. The van der Waals surface area contributed by atoms with Gasteiger partial charge in [-0.1, -0.05) is 30.3 Å². The van der Waals surface area contributed by atoms with E-state index in [2.05, 4.69) is 5.32 Å². The molecule has 0 saturated heterocycles. The fraction of sp³-hybridized carbons (Fsp3) is 0.467. The van der Waals surface area contributed by atoms with Crippen LogP contribution in [0.5, 0.6) is 0 Å². The van der Waals surface area contributed by atoms with Gasteiger partial charge in [-0.25, -0.2) is 0 Å². The van der Waals surface area contributed by atoms with E-state index in [1.165, 1.54) is 12.0 Å². The molecule has 2 amide bonds. The molecule has 0 heterocycles. The van der Waals surface area contributed by atoms with E-state index in [9.17, 15) is 9.59 Å². The zero-order valence-corrected chi connectivity index (χ0v) is 12.4. The van der Waals surface area contributed by atoms with Crippen molar-refractivity contribution in [1.29, 1.82) is 0 Å². The molecule has 1 aromatic carbocycles. The van der Waals surface area contributed by atoms with Crippen LogP contribution in [0.4, 0.5) is 0 Å². The van der Waals surface area contributed by atoms with Crippen LogP contribution in [0.2, 0.25) is 0 Å². The van der Waals surface area contributed by atoms with E-state index < -0.39 is 6.10 Å². The van der Waals surface area contributed by atoms with E-state index in [1.807, 2.05) is 44.2 Å². The van der Waals surface area contributed by atoms with Gasteiger partial charge in [-0.3, -0.25) is 9.59 Å². The van der Waals surface area contributed by atoms with Crippen LogP contribution in [0.3, 0.4) is 0 Å². The minimum absolute atomic E-state index is 0.0176. The summed E-state index contributed by atoms with van der Waals surface area (Å²) in [5, 5.41) is 2.75. The van der Waals surface area contributed by atoms with Crippen LogP contribution < -0.4 is 5.32 Å². The first kappa shape index (κ1) is 16.2. The normalized spacial score (nSPS) is 12.1. The Hall–Kier alpha value is -1.88. The Labute approximate surface area is 119 Å². The summed E-state index contributed by atoms with van der Waals surface area (Å²) in [5.41, 5.74) is 0.774. The van der Waals surface area contributed by atoms with Crippen molar-refractivity contribution in [2.45, 2.75) is 26.0 Å². The lowest BCUT2D eigenvalue weighted by molar-refractivity contribution is -0.143. The van der Waals surface area contributed by atoms with Gasteiger partial charge in [0.1, 0.15) is 0 Å². The van der Waals surface area contributed by atoms with Crippen LogP contribution in [0, 0.1) is 0 Å². The van der Waals surface area contributed by atoms with Crippen molar-refractivity contribution in [2.24, 2.45) is 0 Å². The number of hydrogen-bond donors (Lipinski definition) is 1. The predicted molar refractivity (Wildman–Crippen MR) is 77.1 cm³/mol. The Bertz CT molecular complexity index is 446. The van der Waals surface area contributed by atoms with Gasteiger partial charge in [0.15, 0.2) is 6.10 Å². The van der Waals surface area contributed by atoms with Crippen LogP contribution in [0.15, 0.2) is 30.3 Å². The highest BCUT2D eigenvalue weighted by atomic mass is 16.5. The van der Waals surface area contributed by atoms with Crippen molar-refractivity contribution in [2.75, 3.05) is 20.7 Å².